The van der Waals surface area contributed by atoms with Crippen LogP contribution in [0.1, 0.15) is 47.0 Å². The summed E-state index contributed by atoms with van der Waals surface area (Å²) in [7, 11) is 0. The van der Waals surface area contributed by atoms with Gasteiger partial charge in [-0.2, -0.15) is 0 Å². The van der Waals surface area contributed by atoms with Crippen LogP contribution in [0.5, 0.6) is 0 Å². The van der Waals surface area contributed by atoms with E-state index in [9.17, 15) is 14.4 Å². The minimum atomic E-state index is -0.878. The van der Waals surface area contributed by atoms with Crippen molar-refractivity contribution in [3.05, 3.63) is 0 Å². The van der Waals surface area contributed by atoms with E-state index in [1.165, 1.54) is 0 Å². The molecule has 1 rings (SSSR count). The van der Waals surface area contributed by atoms with Gasteiger partial charge in [-0.05, 0) is 26.2 Å². The first kappa shape index (κ1) is 17.5. The molecule has 1 aliphatic heterocycles. The van der Waals surface area contributed by atoms with Crippen molar-refractivity contribution < 1.29 is 19.5 Å². The number of carboxylic acids is 1. The Labute approximate surface area is 125 Å². The van der Waals surface area contributed by atoms with Crippen LogP contribution in [0.3, 0.4) is 0 Å². The Bertz CT molecular complexity index is 418. The molecule has 6 heteroatoms. The molecule has 2 amide bonds. The van der Waals surface area contributed by atoms with E-state index in [1.54, 1.807) is 18.7 Å². The second-order valence-electron chi connectivity index (χ2n) is 6.86. The van der Waals surface area contributed by atoms with Crippen LogP contribution < -0.4 is 5.32 Å². The van der Waals surface area contributed by atoms with Crippen LogP contribution in [0.2, 0.25) is 0 Å². The predicted octanol–water partition coefficient (Wildman–Crippen LogP) is 1.25. The highest BCUT2D eigenvalue weighted by molar-refractivity contribution is 5.89. The molecule has 1 aliphatic rings. The second-order valence-corrected chi connectivity index (χ2v) is 6.86. The summed E-state index contributed by atoms with van der Waals surface area (Å²) in [6.07, 6.45) is 0.619. The lowest BCUT2D eigenvalue weighted by Crippen LogP contribution is -2.47. The monoisotopic (exact) mass is 298 g/mol. The molecule has 0 aromatic rings. The van der Waals surface area contributed by atoms with Crippen molar-refractivity contribution in [3.63, 3.8) is 0 Å². The topological polar surface area (TPSA) is 86.7 Å². The molecule has 0 radical (unpaired) electrons. The largest absolute Gasteiger partial charge is 0.481 e. The summed E-state index contributed by atoms with van der Waals surface area (Å²) in [5.41, 5.74) is -0.579. The van der Waals surface area contributed by atoms with Gasteiger partial charge in [-0.25, -0.2) is 0 Å². The van der Waals surface area contributed by atoms with Gasteiger partial charge >= 0.3 is 5.97 Å². The van der Waals surface area contributed by atoms with Gasteiger partial charge < -0.3 is 15.3 Å². The van der Waals surface area contributed by atoms with Crippen molar-refractivity contribution >= 4 is 17.8 Å². The number of carbonyl (C=O) groups excluding carboxylic acids is 2. The van der Waals surface area contributed by atoms with Crippen LogP contribution in [0.15, 0.2) is 0 Å². The smallest absolute Gasteiger partial charge is 0.303 e. The fraction of sp³-hybridized carbons (Fsp3) is 0.800. The van der Waals surface area contributed by atoms with E-state index in [0.717, 1.165) is 0 Å². The number of carboxylic acid groups (broad SMARTS) is 1. The Hall–Kier alpha value is -1.59. The Balaban J connectivity index is 2.53. The Morgan fingerprint density at radius 1 is 1.43 bits per heavy atom. The third kappa shape index (κ3) is 5.73. The summed E-state index contributed by atoms with van der Waals surface area (Å²) in [5, 5.41) is 11.6. The van der Waals surface area contributed by atoms with Crippen molar-refractivity contribution in [1.29, 1.82) is 0 Å². The fourth-order valence-corrected chi connectivity index (χ4v) is 2.48. The average Bonchev–Trinajstić information content (AvgIpc) is 2.67. The SMILES string of the molecule is CC(C)CN1CC(C(=O)NC(C)(C)CCC(=O)O)CC1=O. The third-order valence-electron chi connectivity index (χ3n) is 3.60. The Morgan fingerprint density at radius 2 is 2.05 bits per heavy atom. The number of hydrogen-bond donors (Lipinski definition) is 2. The number of hydrogen-bond acceptors (Lipinski definition) is 3. The summed E-state index contributed by atoms with van der Waals surface area (Å²) in [6, 6.07) is 0. The van der Waals surface area contributed by atoms with Gasteiger partial charge in [0, 0.05) is 31.5 Å². The molecule has 1 atom stereocenters. The second kappa shape index (κ2) is 6.91. The molecule has 1 fully saturated rings. The predicted molar refractivity (Wildman–Crippen MR) is 78.6 cm³/mol. The summed E-state index contributed by atoms with van der Waals surface area (Å²) < 4.78 is 0. The van der Waals surface area contributed by atoms with E-state index in [-0.39, 0.29) is 30.6 Å². The van der Waals surface area contributed by atoms with E-state index >= 15 is 0 Å². The zero-order chi connectivity index (χ0) is 16.2. The number of carbonyl (C=O) groups is 3. The molecule has 0 saturated carbocycles. The molecule has 0 bridgehead atoms. The molecule has 120 valence electrons. The molecule has 1 unspecified atom stereocenters. The highest BCUT2D eigenvalue weighted by atomic mass is 16.4. The minimum Gasteiger partial charge on any atom is -0.481 e. The Kier molecular flexibility index (Phi) is 5.75. The van der Waals surface area contributed by atoms with Gasteiger partial charge in [0.25, 0.3) is 0 Å². The van der Waals surface area contributed by atoms with Gasteiger partial charge in [0.2, 0.25) is 11.8 Å². The summed E-state index contributed by atoms with van der Waals surface area (Å²) in [5.74, 6) is -0.975. The normalized spacial score (nSPS) is 19.2. The fourth-order valence-electron chi connectivity index (χ4n) is 2.48. The number of nitrogens with zero attached hydrogens (tertiary/aromatic N) is 1. The lowest BCUT2D eigenvalue weighted by molar-refractivity contribution is -0.138. The lowest BCUT2D eigenvalue weighted by Gasteiger charge is -2.27. The van der Waals surface area contributed by atoms with Crippen LogP contribution in [0.25, 0.3) is 0 Å². The van der Waals surface area contributed by atoms with Gasteiger partial charge in [0.05, 0.1) is 5.92 Å². The van der Waals surface area contributed by atoms with Crippen molar-refractivity contribution in [3.8, 4) is 0 Å². The summed E-state index contributed by atoms with van der Waals surface area (Å²) >= 11 is 0. The van der Waals surface area contributed by atoms with Crippen molar-refractivity contribution in [1.82, 2.24) is 10.2 Å². The maximum Gasteiger partial charge on any atom is 0.303 e. The molecular formula is C15H26N2O4. The standard InChI is InChI=1S/C15H26N2O4/c1-10(2)8-17-9-11(7-12(17)18)14(21)16-15(3,4)6-5-13(19)20/h10-11H,5-9H2,1-4H3,(H,16,21)(H,19,20). The van der Waals surface area contributed by atoms with E-state index in [4.69, 9.17) is 5.11 Å². The van der Waals surface area contributed by atoms with Crippen molar-refractivity contribution in [2.45, 2.75) is 52.5 Å². The Morgan fingerprint density at radius 3 is 2.57 bits per heavy atom. The minimum absolute atomic E-state index is 0.0103. The van der Waals surface area contributed by atoms with E-state index in [2.05, 4.69) is 5.32 Å². The highest BCUT2D eigenvalue weighted by Gasteiger charge is 2.36. The van der Waals surface area contributed by atoms with E-state index < -0.39 is 11.5 Å². The first-order chi connectivity index (χ1) is 9.60. The number of aliphatic carboxylic acids is 1. The first-order valence-corrected chi connectivity index (χ1v) is 7.42. The number of nitrogens with one attached hydrogen (secondary N) is 1. The maximum absolute atomic E-state index is 12.2. The first-order valence-electron chi connectivity index (χ1n) is 7.42. The van der Waals surface area contributed by atoms with Gasteiger partial charge in [-0.3, -0.25) is 14.4 Å². The third-order valence-corrected chi connectivity index (χ3v) is 3.60. The van der Waals surface area contributed by atoms with Crippen LogP contribution in [0.4, 0.5) is 0 Å². The number of rotatable bonds is 7. The zero-order valence-corrected chi connectivity index (χ0v) is 13.3. The molecular weight excluding hydrogens is 272 g/mol. The summed E-state index contributed by atoms with van der Waals surface area (Å²) in [6.45, 7) is 8.81. The molecule has 1 heterocycles. The van der Waals surface area contributed by atoms with Crippen LogP contribution in [-0.4, -0.2) is 46.4 Å². The molecule has 0 aromatic carbocycles. The number of amides is 2. The lowest BCUT2D eigenvalue weighted by atomic mass is 9.96. The zero-order valence-electron chi connectivity index (χ0n) is 13.3. The van der Waals surface area contributed by atoms with Gasteiger partial charge in [0.15, 0.2) is 0 Å². The van der Waals surface area contributed by atoms with Gasteiger partial charge in [0.1, 0.15) is 0 Å². The van der Waals surface area contributed by atoms with Gasteiger partial charge in [-0.15, -0.1) is 0 Å². The van der Waals surface area contributed by atoms with Crippen LogP contribution in [0, 0.1) is 11.8 Å². The quantitative estimate of drug-likeness (QED) is 0.740. The maximum atomic E-state index is 12.2. The highest BCUT2D eigenvalue weighted by Crippen LogP contribution is 2.21. The van der Waals surface area contributed by atoms with Crippen molar-refractivity contribution in [2.24, 2.45) is 11.8 Å². The molecule has 2 N–H and O–H groups in total. The van der Waals surface area contributed by atoms with Crippen molar-refractivity contribution in [2.75, 3.05) is 13.1 Å². The number of likely N-dealkylation sites (tertiary alicyclic amines) is 1. The van der Waals surface area contributed by atoms with E-state index in [0.29, 0.717) is 25.4 Å². The molecule has 21 heavy (non-hydrogen) atoms. The van der Waals surface area contributed by atoms with Crippen LogP contribution in [-0.2, 0) is 14.4 Å². The average molecular weight is 298 g/mol. The molecule has 0 aromatic heterocycles. The summed E-state index contributed by atoms with van der Waals surface area (Å²) in [4.78, 5) is 36.5. The van der Waals surface area contributed by atoms with Crippen LogP contribution >= 0.6 is 0 Å². The molecule has 6 nitrogen and oxygen atoms in total. The molecule has 0 aliphatic carbocycles. The van der Waals surface area contributed by atoms with E-state index in [1.807, 2.05) is 13.8 Å². The van der Waals surface area contributed by atoms with Gasteiger partial charge in [-0.1, -0.05) is 13.8 Å². The molecule has 0 spiro atoms. The molecule has 1 saturated heterocycles.